The highest BCUT2D eigenvalue weighted by Gasteiger charge is 1.99. The molecule has 0 aliphatic carbocycles. The number of aromatic nitrogens is 2. The molecule has 1 heterocycles. The number of nitrogens with zero attached hydrogens (tertiary/aromatic N) is 1. The van der Waals surface area contributed by atoms with Crippen molar-refractivity contribution in [3.8, 4) is 17.0 Å². The van der Waals surface area contributed by atoms with Gasteiger partial charge in [0.15, 0.2) is 0 Å². The number of ether oxygens (including phenoxy) is 1. The Labute approximate surface area is 92.9 Å². The number of hydrogen-bond acceptors (Lipinski definition) is 3. The van der Waals surface area contributed by atoms with Crippen LogP contribution in [0.5, 0.6) is 5.75 Å². The van der Waals surface area contributed by atoms with Crippen LogP contribution in [0.1, 0.15) is 6.92 Å². The second-order valence-electron chi connectivity index (χ2n) is 3.26. The molecule has 0 spiro atoms. The van der Waals surface area contributed by atoms with Gasteiger partial charge in [0.05, 0.1) is 12.3 Å². The Morgan fingerprint density at radius 1 is 1.19 bits per heavy atom. The van der Waals surface area contributed by atoms with Crippen molar-refractivity contribution in [2.45, 2.75) is 6.92 Å². The van der Waals surface area contributed by atoms with Crippen LogP contribution >= 0.6 is 0 Å². The topological polar surface area (TPSA) is 55.0 Å². The van der Waals surface area contributed by atoms with E-state index in [9.17, 15) is 4.79 Å². The first kappa shape index (κ1) is 10.4. The Bertz CT molecular complexity index is 497. The first-order valence-corrected chi connectivity index (χ1v) is 5.08. The number of H-pyrrole nitrogens is 1. The lowest BCUT2D eigenvalue weighted by Crippen LogP contribution is -2.05. The second kappa shape index (κ2) is 4.61. The van der Waals surface area contributed by atoms with Gasteiger partial charge < -0.3 is 4.74 Å². The standard InChI is InChI=1S/C12H12N2O2/c1-2-16-10-5-3-9(4-6-10)11-7-8-12(15)14-13-11/h3-8H,2H2,1H3,(H,14,15). The Morgan fingerprint density at radius 3 is 2.50 bits per heavy atom. The molecule has 0 amide bonds. The van der Waals surface area contributed by atoms with Gasteiger partial charge in [-0.25, -0.2) is 5.10 Å². The lowest BCUT2D eigenvalue weighted by Gasteiger charge is -2.03. The number of nitrogens with one attached hydrogen (secondary N) is 1. The van der Waals surface area contributed by atoms with Gasteiger partial charge in [-0.05, 0) is 37.3 Å². The molecule has 2 aromatic rings. The molecular formula is C12H12N2O2. The summed E-state index contributed by atoms with van der Waals surface area (Å²) in [7, 11) is 0. The number of aromatic amines is 1. The highest BCUT2D eigenvalue weighted by atomic mass is 16.5. The van der Waals surface area contributed by atoms with Gasteiger partial charge >= 0.3 is 0 Å². The van der Waals surface area contributed by atoms with Crippen molar-refractivity contribution in [3.05, 3.63) is 46.8 Å². The maximum atomic E-state index is 10.9. The minimum Gasteiger partial charge on any atom is -0.494 e. The van der Waals surface area contributed by atoms with Crippen LogP contribution in [0.15, 0.2) is 41.2 Å². The van der Waals surface area contributed by atoms with Crippen LogP contribution < -0.4 is 10.3 Å². The minimum absolute atomic E-state index is 0.199. The monoisotopic (exact) mass is 216 g/mol. The van der Waals surface area contributed by atoms with E-state index in [4.69, 9.17) is 4.74 Å². The lowest BCUT2D eigenvalue weighted by molar-refractivity contribution is 0.340. The maximum Gasteiger partial charge on any atom is 0.264 e. The lowest BCUT2D eigenvalue weighted by atomic mass is 10.1. The van der Waals surface area contributed by atoms with Crippen LogP contribution in [0.25, 0.3) is 11.3 Å². The van der Waals surface area contributed by atoms with Gasteiger partial charge in [-0.1, -0.05) is 0 Å². The van der Waals surface area contributed by atoms with E-state index in [1.165, 1.54) is 6.07 Å². The van der Waals surface area contributed by atoms with Crippen molar-refractivity contribution >= 4 is 0 Å². The quantitative estimate of drug-likeness (QED) is 0.851. The molecule has 1 N–H and O–H groups in total. The summed E-state index contributed by atoms with van der Waals surface area (Å²) in [5.41, 5.74) is 1.48. The molecular weight excluding hydrogens is 204 g/mol. The summed E-state index contributed by atoms with van der Waals surface area (Å²) in [6.07, 6.45) is 0. The van der Waals surface area contributed by atoms with Crippen molar-refractivity contribution in [1.29, 1.82) is 0 Å². The molecule has 0 saturated carbocycles. The molecule has 4 nitrogen and oxygen atoms in total. The third-order valence-electron chi connectivity index (χ3n) is 2.14. The van der Waals surface area contributed by atoms with Gasteiger partial charge in [0.2, 0.25) is 0 Å². The molecule has 1 aromatic carbocycles. The van der Waals surface area contributed by atoms with Crippen LogP contribution in [0.4, 0.5) is 0 Å². The zero-order valence-corrected chi connectivity index (χ0v) is 8.93. The van der Waals surface area contributed by atoms with E-state index >= 15 is 0 Å². The molecule has 4 heteroatoms. The third-order valence-corrected chi connectivity index (χ3v) is 2.14. The summed E-state index contributed by atoms with van der Waals surface area (Å²) in [6.45, 7) is 2.59. The molecule has 0 aliphatic heterocycles. The summed E-state index contributed by atoms with van der Waals surface area (Å²) in [4.78, 5) is 10.9. The zero-order chi connectivity index (χ0) is 11.4. The predicted molar refractivity (Wildman–Crippen MR) is 61.5 cm³/mol. The highest BCUT2D eigenvalue weighted by Crippen LogP contribution is 2.19. The summed E-state index contributed by atoms with van der Waals surface area (Å²) in [5.74, 6) is 0.829. The van der Waals surface area contributed by atoms with E-state index in [1.54, 1.807) is 6.07 Å². The number of hydrogen-bond donors (Lipinski definition) is 1. The van der Waals surface area contributed by atoms with Crippen molar-refractivity contribution in [2.24, 2.45) is 0 Å². The Balaban J connectivity index is 2.27. The molecule has 2 rings (SSSR count). The molecule has 0 atom stereocenters. The van der Waals surface area contributed by atoms with E-state index in [2.05, 4.69) is 10.2 Å². The van der Waals surface area contributed by atoms with Crippen LogP contribution in [0.2, 0.25) is 0 Å². The van der Waals surface area contributed by atoms with Gasteiger partial charge in [-0.15, -0.1) is 0 Å². The maximum absolute atomic E-state index is 10.9. The van der Waals surface area contributed by atoms with Gasteiger partial charge in [0.1, 0.15) is 5.75 Å². The molecule has 1 aromatic heterocycles. The van der Waals surface area contributed by atoms with E-state index in [0.717, 1.165) is 17.0 Å². The summed E-state index contributed by atoms with van der Waals surface area (Å²) < 4.78 is 5.34. The first-order chi connectivity index (χ1) is 7.79. The van der Waals surface area contributed by atoms with Crippen LogP contribution in [0, 0.1) is 0 Å². The first-order valence-electron chi connectivity index (χ1n) is 5.08. The molecule has 16 heavy (non-hydrogen) atoms. The van der Waals surface area contributed by atoms with Crippen molar-refractivity contribution in [1.82, 2.24) is 10.2 Å². The number of rotatable bonds is 3. The molecule has 0 fully saturated rings. The predicted octanol–water partition coefficient (Wildman–Crippen LogP) is 1.84. The SMILES string of the molecule is CCOc1ccc(-c2ccc(=O)[nH]n2)cc1. The number of benzene rings is 1. The van der Waals surface area contributed by atoms with E-state index in [-0.39, 0.29) is 5.56 Å². The molecule has 82 valence electrons. The summed E-state index contributed by atoms with van der Waals surface area (Å²) in [5, 5.41) is 6.35. The van der Waals surface area contributed by atoms with E-state index in [1.807, 2.05) is 31.2 Å². The van der Waals surface area contributed by atoms with Gasteiger partial charge in [-0.2, -0.15) is 5.10 Å². The second-order valence-corrected chi connectivity index (χ2v) is 3.26. The van der Waals surface area contributed by atoms with Crippen LogP contribution in [-0.2, 0) is 0 Å². The Morgan fingerprint density at radius 2 is 1.94 bits per heavy atom. The Hall–Kier alpha value is -2.10. The van der Waals surface area contributed by atoms with Gasteiger partial charge in [0.25, 0.3) is 5.56 Å². The largest absolute Gasteiger partial charge is 0.494 e. The summed E-state index contributed by atoms with van der Waals surface area (Å²) in [6, 6.07) is 10.7. The van der Waals surface area contributed by atoms with Crippen molar-refractivity contribution in [2.75, 3.05) is 6.61 Å². The molecule has 0 saturated heterocycles. The molecule has 0 aliphatic rings. The average Bonchev–Trinajstić information content (AvgIpc) is 2.32. The van der Waals surface area contributed by atoms with Crippen LogP contribution in [-0.4, -0.2) is 16.8 Å². The molecule has 0 bridgehead atoms. The normalized spacial score (nSPS) is 10.1. The fraction of sp³-hybridized carbons (Fsp3) is 0.167. The molecule has 0 unspecified atom stereocenters. The van der Waals surface area contributed by atoms with E-state index < -0.39 is 0 Å². The third kappa shape index (κ3) is 2.28. The van der Waals surface area contributed by atoms with Crippen LogP contribution in [0.3, 0.4) is 0 Å². The van der Waals surface area contributed by atoms with Gasteiger partial charge in [0, 0.05) is 11.6 Å². The van der Waals surface area contributed by atoms with Crippen molar-refractivity contribution in [3.63, 3.8) is 0 Å². The average molecular weight is 216 g/mol. The fourth-order valence-electron chi connectivity index (χ4n) is 1.39. The minimum atomic E-state index is -0.199. The smallest absolute Gasteiger partial charge is 0.264 e. The zero-order valence-electron chi connectivity index (χ0n) is 8.93. The summed E-state index contributed by atoms with van der Waals surface area (Å²) >= 11 is 0. The van der Waals surface area contributed by atoms with Crippen molar-refractivity contribution < 1.29 is 4.74 Å². The van der Waals surface area contributed by atoms with Gasteiger partial charge in [-0.3, -0.25) is 4.79 Å². The Kier molecular flexibility index (Phi) is 3.00. The highest BCUT2D eigenvalue weighted by molar-refractivity contribution is 5.59. The molecule has 0 radical (unpaired) electrons. The van der Waals surface area contributed by atoms with E-state index in [0.29, 0.717) is 6.61 Å². The fourth-order valence-corrected chi connectivity index (χ4v) is 1.39.